The fourth-order valence-electron chi connectivity index (χ4n) is 4.07. The Morgan fingerprint density at radius 1 is 1.12 bits per heavy atom. The molecule has 1 aliphatic carbocycles. The van der Waals surface area contributed by atoms with Crippen molar-refractivity contribution >= 4 is 36.0 Å². The molecule has 4 atom stereocenters. The number of carbonyl (C=O) groups is 2. The van der Waals surface area contributed by atoms with Gasteiger partial charge < -0.3 is 21.1 Å². The Balaban J connectivity index is 0.000000856. The van der Waals surface area contributed by atoms with E-state index in [9.17, 15) is 18.4 Å². The summed E-state index contributed by atoms with van der Waals surface area (Å²) in [6, 6.07) is 0. The summed E-state index contributed by atoms with van der Waals surface area (Å²) >= 11 is 11.5. The Kier molecular flexibility index (Phi) is 21.1. The minimum Gasteiger partial charge on any atom is -0.393 e. The van der Waals surface area contributed by atoms with E-state index in [1.54, 1.807) is 19.1 Å². The molecule has 2 aliphatic rings. The van der Waals surface area contributed by atoms with Crippen LogP contribution in [-0.2, 0) is 9.59 Å². The van der Waals surface area contributed by atoms with Crippen LogP contribution in [0.3, 0.4) is 0 Å². The Labute approximate surface area is 261 Å². The highest BCUT2D eigenvalue weighted by Crippen LogP contribution is 2.27. The Hall–Kier alpha value is -2.26. The standard InChI is InChI=1S/C19H22Cl2F2N2O.C8H15NO2.C5H12/c1-13(25-12-26)9-18(21)19(23)8-7-16-11-24-10-15(16)5-3-4-6-17(20)14(2)22;10-6-9-4-3-7-1-2-8(11)5-7;1-5(2,3)4/h3-4,6-9,12,15-16,24H,2,5,10-11H2,1H3,(H,25,26);6-8,11H,1-5H2,(H,9,10);1-4H3/b4-3-,8-7+,13-9+,17-6+,19-18-;;/t15?,16-;7?,8-;/m11./s1. The van der Waals surface area contributed by atoms with E-state index in [0.717, 1.165) is 58.1 Å². The van der Waals surface area contributed by atoms with Crippen molar-refractivity contribution in [2.24, 2.45) is 23.2 Å². The van der Waals surface area contributed by atoms with Gasteiger partial charge in [-0.2, -0.15) is 0 Å². The van der Waals surface area contributed by atoms with Gasteiger partial charge in [0.1, 0.15) is 11.7 Å². The quantitative estimate of drug-likeness (QED) is 0.0972. The summed E-state index contributed by atoms with van der Waals surface area (Å²) in [5, 5.41) is 17.3. The van der Waals surface area contributed by atoms with E-state index >= 15 is 0 Å². The van der Waals surface area contributed by atoms with Gasteiger partial charge in [-0.05, 0) is 87.0 Å². The van der Waals surface area contributed by atoms with Gasteiger partial charge in [-0.15, -0.1) is 0 Å². The number of hydrogen-bond donors (Lipinski definition) is 4. The maximum Gasteiger partial charge on any atom is 0.211 e. The van der Waals surface area contributed by atoms with Gasteiger partial charge >= 0.3 is 0 Å². The normalized spacial score (nSPS) is 23.5. The van der Waals surface area contributed by atoms with Gasteiger partial charge in [0.2, 0.25) is 12.8 Å². The van der Waals surface area contributed by atoms with Crippen LogP contribution in [0.4, 0.5) is 8.78 Å². The summed E-state index contributed by atoms with van der Waals surface area (Å²) in [6.07, 6.45) is 15.3. The topological polar surface area (TPSA) is 90.5 Å². The van der Waals surface area contributed by atoms with Gasteiger partial charge in [0.25, 0.3) is 0 Å². The summed E-state index contributed by atoms with van der Waals surface area (Å²) < 4.78 is 26.8. The molecule has 2 amide bonds. The van der Waals surface area contributed by atoms with Crippen LogP contribution in [0.25, 0.3) is 0 Å². The molecule has 238 valence electrons. The van der Waals surface area contributed by atoms with Crippen LogP contribution in [0.1, 0.15) is 66.7 Å². The predicted octanol–water partition coefficient (Wildman–Crippen LogP) is 7.34. The average molecular weight is 633 g/mol. The number of nitrogens with one attached hydrogen (secondary N) is 3. The first kappa shape index (κ1) is 39.7. The molecule has 0 spiro atoms. The Morgan fingerprint density at radius 3 is 2.33 bits per heavy atom. The first-order chi connectivity index (χ1) is 19.7. The third-order valence-electron chi connectivity index (χ3n) is 6.11. The van der Waals surface area contributed by atoms with Crippen molar-refractivity contribution in [3.8, 4) is 0 Å². The van der Waals surface area contributed by atoms with E-state index in [0.29, 0.717) is 23.4 Å². The van der Waals surface area contributed by atoms with Gasteiger partial charge in [-0.25, -0.2) is 8.78 Å². The first-order valence-corrected chi connectivity index (χ1v) is 15.0. The average Bonchev–Trinajstić information content (AvgIpc) is 3.52. The summed E-state index contributed by atoms with van der Waals surface area (Å²) in [5.41, 5.74) is 0.946. The fourth-order valence-corrected chi connectivity index (χ4v) is 4.37. The fraction of sp³-hybridized carbons (Fsp3) is 0.562. The van der Waals surface area contributed by atoms with Crippen LogP contribution in [0.2, 0.25) is 0 Å². The van der Waals surface area contributed by atoms with Crippen LogP contribution in [0, 0.1) is 23.2 Å². The van der Waals surface area contributed by atoms with Crippen LogP contribution in [0.15, 0.2) is 70.5 Å². The van der Waals surface area contributed by atoms with Crippen molar-refractivity contribution in [1.82, 2.24) is 16.0 Å². The predicted molar refractivity (Wildman–Crippen MR) is 171 cm³/mol. The summed E-state index contributed by atoms with van der Waals surface area (Å²) in [7, 11) is 0. The van der Waals surface area contributed by atoms with Crippen molar-refractivity contribution < 1.29 is 23.5 Å². The second-order valence-electron chi connectivity index (χ2n) is 12.0. The van der Waals surface area contributed by atoms with Crippen molar-refractivity contribution in [2.75, 3.05) is 19.6 Å². The number of allylic oxidation sites excluding steroid dienone is 10. The highest BCUT2D eigenvalue weighted by atomic mass is 35.5. The highest BCUT2D eigenvalue weighted by molar-refractivity contribution is 6.32. The molecule has 1 aliphatic heterocycles. The third-order valence-corrected chi connectivity index (χ3v) is 6.73. The lowest BCUT2D eigenvalue weighted by molar-refractivity contribution is -0.110. The largest absolute Gasteiger partial charge is 0.393 e. The van der Waals surface area contributed by atoms with Crippen molar-refractivity contribution in [3.63, 3.8) is 0 Å². The van der Waals surface area contributed by atoms with E-state index in [2.05, 4.69) is 50.2 Å². The molecule has 6 nitrogen and oxygen atoms in total. The zero-order valence-corrected chi connectivity index (χ0v) is 27.1. The Bertz CT molecular complexity index is 982. The lowest BCUT2D eigenvalue weighted by Crippen LogP contribution is -2.15. The molecule has 1 heterocycles. The van der Waals surface area contributed by atoms with Crippen molar-refractivity contribution in [1.29, 1.82) is 0 Å². The molecule has 0 aromatic heterocycles. The van der Waals surface area contributed by atoms with E-state index in [1.165, 1.54) is 18.2 Å². The maximum atomic E-state index is 14.0. The summed E-state index contributed by atoms with van der Waals surface area (Å²) in [6.45, 7) is 15.8. The van der Waals surface area contributed by atoms with Crippen LogP contribution in [-0.4, -0.2) is 43.7 Å². The number of amides is 2. The molecule has 1 saturated carbocycles. The maximum absolute atomic E-state index is 14.0. The molecule has 1 saturated heterocycles. The molecule has 0 radical (unpaired) electrons. The van der Waals surface area contributed by atoms with Crippen LogP contribution < -0.4 is 16.0 Å². The van der Waals surface area contributed by atoms with Gasteiger partial charge in [-0.1, -0.05) is 75.7 Å². The highest BCUT2D eigenvalue weighted by Gasteiger charge is 2.24. The lowest BCUT2D eigenvalue weighted by Gasteiger charge is -2.12. The molecule has 0 bridgehead atoms. The molecule has 0 aromatic rings. The molecule has 2 rings (SSSR count). The smallest absolute Gasteiger partial charge is 0.211 e. The van der Waals surface area contributed by atoms with Gasteiger partial charge in [-0.3, -0.25) is 9.59 Å². The Morgan fingerprint density at radius 2 is 1.79 bits per heavy atom. The van der Waals surface area contributed by atoms with E-state index in [-0.39, 0.29) is 28.0 Å². The second-order valence-corrected chi connectivity index (χ2v) is 12.8. The molecule has 2 fully saturated rings. The van der Waals surface area contributed by atoms with E-state index in [1.807, 2.05) is 6.08 Å². The summed E-state index contributed by atoms with van der Waals surface area (Å²) in [5.74, 6) is -0.201. The number of aliphatic hydroxyl groups is 1. The van der Waals surface area contributed by atoms with Gasteiger partial charge in [0.15, 0.2) is 0 Å². The molecule has 10 heteroatoms. The number of rotatable bonds is 13. The van der Waals surface area contributed by atoms with Crippen LogP contribution >= 0.6 is 23.2 Å². The molecular weight excluding hydrogens is 583 g/mol. The van der Waals surface area contributed by atoms with Crippen molar-refractivity contribution in [2.45, 2.75) is 72.8 Å². The van der Waals surface area contributed by atoms with Crippen molar-refractivity contribution in [3.05, 3.63) is 70.5 Å². The number of halogens is 4. The number of carbonyl (C=O) groups excluding carboxylic acids is 2. The molecule has 2 unspecified atom stereocenters. The minimum atomic E-state index is -0.675. The lowest BCUT2D eigenvalue weighted by atomic mass is 9.92. The number of aliphatic hydroxyl groups excluding tert-OH is 1. The monoisotopic (exact) mass is 631 g/mol. The van der Waals surface area contributed by atoms with Gasteiger partial charge in [0, 0.05) is 18.8 Å². The zero-order valence-electron chi connectivity index (χ0n) is 25.6. The molecule has 0 aromatic carbocycles. The van der Waals surface area contributed by atoms with E-state index < -0.39 is 11.7 Å². The summed E-state index contributed by atoms with van der Waals surface area (Å²) in [4.78, 5) is 20.2. The third kappa shape index (κ3) is 21.4. The SMILES string of the molecule is C=C(F)/C(Cl)=C\C=C/CC1CNC[C@H]1/C=C/C(F)=C(Cl)\C=C(/C)NC=O.CC(C)(C)C.O=CNCCC1CC[C@@H](O)C1. The minimum absolute atomic E-state index is 0.0310. The number of hydrogen-bond acceptors (Lipinski definition) is 4. The molecule has 4 N–H and O–H groups in total. The zero-order chi connectivity index (χ0) is 32.1. The first-order valence-electron chi connectivity index (χ1n) is 14.2. The van der Waals surface area contributed by atoms with E-state index in [4.69, 9.17) is 28.3 Å². The second kappa shape index (κ2) is 22.3. The van der Waals surface area contributed by atoms with Crippen LogP contribution in [0.5, 0.6) is 0 Å². The molecular formula is C32H49Cl2F2N3O3. The van der Waals surface area contributed by atoms with Gasteiger partial charge in [0.05, 0.1) is 16.2 Å². The molecule has 42 heavy (non-hydrogen) atoms.